The summed E-state index contributed by atoms with van der Waals surface area (Å²) >= 11 is 6.06. The third kappa shape index (κ3) is 2.68. The predicted octanol–water partition coefficient (Wildman–Crippen LogP) is 2.32. The summed E-state index contributed by atoms with van der Waals surface area (Å²) in [6.45, 7) is 1.90. The van der Waals surface area contributed by atoms with Gasteiger partial charge in [0.05, 0.1) is 6.04 Å². The summed E-state index contributed by atoms with van der Waals surface area (Å²) < 4.78 is 13.1. The van der Waals surface area contributed by atoms with Gasteiger partial charge in [0, 0.05) is 16.8 Å². The highest BCUT2D eigenvalue weighted by molar-refractivity contribution is 6.31. The molecule has 1 heterocycles. The van der Waals surface area contributed by atoms with E-state index >= 15 is 0 Å². The number of aryl methyl sites for hydroxylation is 1. The number of nitrogens with two attached hydrogens (primary N) is 2. The van der Waals surface area contributed by atoms with Gasteiger partial charge < -0.3 is 5.73 Å². The van der Waals surface area contributed by atoms with E-state index in [-0.39, 0.29) is 5.02 Å². The van der Waals surface area contributed by atoms with Crippen molar-refractivity contribution in [1.82, 2.24) is 10.4 Å². The molecule has 0 radical (unpaired) electrons. The van der Waals surface area contributed by atoms with Gasteiger partial charge >= 0.3 is 0 Å². The van der Waals surface area contributed by atoms with Gasteiger partial charge in [-0.05, 0) is 36.2 Å². The van der Waals surface area contributed by atoms with Crippen molar-refractivity contribution in [1.29, 1.82) is 0 Å². The zero-order valence-electron chi connectivity index (χ0n) is 10.3. The lowest BCUT2D eigenvalue weighted by Gasteiger charge is -2.21. The van der Waals surface area contributed by atoms with E-state index in [9.17, 15) is 4.39 Å². The summed E-state index contributed by atoms with van der Waals surface area (Å²) in [5.41, 5.74) is 10.8. The highest BCUT2D eigenvalue weighted by atomic mass is 35.5. The molecule has 0 aliphatic rings. The molecule has 1 unspecified atom stereocenters. The Bertz CT molecular complexity index is 583. The van der Waals surface area contributed by atoms with Gasteiger partial charge in [0.1, 0.15) is 11.6 Å². The quantitative estimate of drug-likeness (QED) is 0.596. The van der Waals surface area contributed by atoms with Crippen molar-refractivity contribution >= 4 is 17.4 Å². The highest BCUT2D eigenvalue weighted by Gasteiger charge is 2.20. The molecule has 0 aliphatic heterocycles. The number of halogens is 2. The van der Waals surface area contributed by atoms with Crippen molar-refractivity contribution in [3.05, 3.63) is 58.0 Å². The SMILES string of the molecule is Cc1ccnc(N)c1C(NN)c1ccc(F)cc1Cl. The maximum absolute atomic E-state index is 13.1. The minimum Gasteiger partial charge on any atom is -0.383 e. The predicted molar refractivity (Wildman–Crippen MR) is 74.0 cm³/mol. The number of hydrogen-bond acceptors (Lipinski definition) is 4. The molecule has 100 valence electrons. The molecule has 0 saturated carbocycles. The summed E-state index contributed by atoms with van der Waals surface area (Å²) in [5, 5.41) is 0.283. The van der Waals surface area contributed by atoms with Crippen molar-refractivity contribution < 1.29 is 4.39 Å². The number of nitrogens with zero attached hydrogens (tertiary/aromatic N) is 1. The van der Waals surface area contributed by atoms with Crippen molar-refractivity contribution in [2.75, 3.05) is 5.73 Å². The van der Waals surface area contributed by atoms with Gasteiger partial charge in [-0.3, -0.25) is 5.84 Å². The number of hydrogen-bond donors (Lipinski definition) is 3. The zero-order chi connectivity index (χ0) is 14.0. The van der Waals surface area contributed by atoms with Crippen LogP contribution in [0.5, 0.6) is 0 Å². The summed E-state index contributed by atoms with van der Waals surface area (Å²) in [7, 11) is 0. The van der Waals surface area contributed by atoms with Crippen molar-refractivity contribution in [3.63, 3.8) is 0 Å². The van der Waals surface area contributed by atoms with E-state index in [0.29, 0.717) is 11.4 Å². The number of anilines is 1. The molecule has 0 fully saturated rings. The van der Waals surface area contributed by atoms with Crippen LogP contribution in [0.25, 0.3) is 0 Å². The van der Waals surface area contributed by atoms with Gasteiger partial charge in [0.15, 0.2) is 0 Å². The largest absolute Gasteiger partial charge is 0.383 e. The molecule has 1 atom stereocenters. The van der Waals surface area contributed by atoms with Crippen LogP contribution in [-0.2, 0) is 0 Å². The van der Waals surface area contributed by atoms with Crippen LogP contribution in [-0.4, -0.2) is 4.98 Å². The number of hydrazine groups is 1. The molecule has 19 heavy (non-hydrogen) atoms. The van der Waals surface area contributed by atoms with Crippen LogP contribution in [0.1, 0.15) is 22.7 Å². The van der Waals surface area contributed by atoms with Crippen LogP contribution in [0, 0.1) is 12.7 Å². The van der Waals surface area contributed by atoms with E-state index in [4.69, 9.17) is 23.2 Å². The molecule has 5 N–H and O–H groups in total. The second-order valence-electron chi connectivity index (χ2n) is 4.19. The molecule has 6 heteroatoms. The summed E-state index contributed by atoms with van der Waals surface area (Å²) in [4.78, 5) is 4.05. The first-order chi connectivity index (χ1) is 9.04. The Morgan fingerprint density at radius 2 is 2.11 bits per heavy atom. The Morgan fingerprint density at radius 3 is 2.68 bits per heavy atom. The number of benzene rings is 1. The molecule has 0 spiro atoms. The van der Waals surface area contributed by atoms with Crippen LogP contribution in [0.15, 0.2) is 30.5 Å². The third-order valence-corrected chi connectivity index (χ3v) is 3.30. The van der Waals surface area contributed by atoms with E-state index in [1.165, 1.54) is 12.1 Å². The van der Waals surface area contributed by atoms with Crippen LogP contribution >= 0.6 is 11.6 Å². The van der Waals surface area contributed by atoms with Crippen LogP contribution in [0.2, 0.25) is 5.02 Å². The second kappa shape index (κ2) is 5.52. The Hall–Kier alpha value is -1.69. The number of nitrogens with one attached hydrogen (secondary N) is 1. The molecule has 0 saturated heterocycles. The molecule has 1 aromatic carbocycles. The molecule has 1 aromatic heterocycles. The lowest BCUT2D eigenvalue weighted by atomic mass is 9.96. The van der Waals surface area contributed by atoms with Gasteiger partial charge in [0.25, 0.3) is 0 Å². The molecule has 0 bridgehead atoms. The summed E-state index contributed by atoms with van der Waals surface area (Å²) in [6, 6.07) is 5.53. The Kier molecular flexibility index (Phi) is 3.99. The lowest BCUT2D eigenvalue weighted by Crippen LogP contribution is -2.30. The standard InChI is InChI=1S/C13H14ClFN4/c1-7-4-5-18-13(16)11(7)12(19-17)9-3-2-8(15)6-10(9)14/h2-6,12,19H,17H2,1H3,(H2,16,18). The average molecular weight is 281 g/mol. The van der Waals surface area contributed by atoms with Crippen LogP contribution in [0.3, 0.4) is 0 Å². The fraction of sp³-hybridized carbons (Fsp3) is 0.154. The second-order valence-corrected chi connectivity index (χ2v) is 4.60. The van der Waals surface area contributed by atoms with Crippen molar-refractivity contribution in [2.24, 2.45) is 5.84 Å². The summed E-state index contributed by atoms with van der Waals surface area (Å²) in [6.07, 6.45) is 1.62. The Labute approximate surface area is 115 Å². The molecule has 2 aromatic rings. The highest BCUT2D eigenvalue weighted by Crippen LogP contribution is 2.32. The van der Waals surface area contributed by atoms with Crippen LogP contribution < -0.4 is 17.0 Å². The molecule has 0 amide bonds. The fourth-order valence-electron chi connectivity index (χ4n) is 2.03. The smallest absolute Gasteiger partial charge is 0.128 e. The topological polar surface area (TPSA) is 77.0 Å². The Morgan fingerprint density at radius 1 is 1.37 bits per heavy atom. The first-order valence-electron chi connectivity index (χ1n) is 5.66. The molecule has 4 nitrogen and oxygen atoms in total. The van der Waals surface area contributed by atoms with E-state index in [1.807, 2.05) is 13.0 Å². The van der Waals surface area contributed by atoms with Crippen LogP contribution in [0.4, 0.5) is 10.2 Å². The third-order valence-electron chi connectivity index (χ3n) is 2.97. The van der Waals surface area contributed by atoms with Gasteiger partial charge in [-0.2, -0.15) is 0 Å². The fourth-order valence-corrected chi connectivity index (χ4v) is 2.31. The van der Waals surface area contributed by atoms with Gasteiger partial charge in [-0.1, -0.05) is 17.7 Å². The maximum atomic E-state index is 13.1. The monoisotopic (exact) mass is 280 g/mol. The first-order valence-corrected chi connectivity index (χ1v) is 6.04. The van der Waals surface area contributed by atoms with E-state index in [1.54, 1.807) is 12.3 Å². The number of pyridine rings is 1. The van der Waals surface area contributed by atoms with E-state index in [2.05, 4.69) is 10.4 Å². The number of nitrogen functional groups attached to an aromatic ring is 1. The van der Waals surface area contributed by atoms with Gasteiger partial charge in [0.2, 0.25) is 0 Å². The maximum Gasteiger partial charge on any atom is 0.128 e. The molecular formula is C13H14ClFN4. The molecule has 0 aliphatic carbocycles. The van der Waals surface area contributed by atoms with Crippen molar-refractivity contribution in [2.45, 2.75) is 13.0 Å². The molecule has 2 rings (SSSR count). The lowest BCUT2D eigenvalue weighted by molar-refractivity contribution is 0.614. The van der Waals surface area contributed by atoms with Gasteiger partial charge in [-0.25, -0.2) is 14.8 Å². The van der Waals surface area contributed by atoms with E-state index < -0.39 is 11.9 Å². The normalized spacial score (nSPS) is 12.4. The molecular weight excluding hydrogens is 267 g/mol. The zero-order valence-corrected chi connectivity index (χ0v) is 11.1. The van der Waals surface area contributed by atoms with Gasteiger partial charge in [-0.15, -0.1) is 0 Å². The Balaban J connectivity index is 2.56. The van der Waals surface area contributed by atoms with E-state index in [0.717, 1.165) is 11.1 Å². The summed E-state index contributed by atoms with van der Waals surface area (Å²) in [5.74, 6) is 5.56. The minimum absolute atomic E-state index is 0.283. The number of aromatic nitrogens is 1. The first kappa shape index (κ1) is 13.7. The average Bonchev–Trinajstić information content (AvgIpc) is 2.35. The number of rotatable bonds is 3. The minimum atomic E-state index is -0.443. The van der Waals surface area contributed by atoms with Crippen molar-refractivity contribution in [3.8, 4) is 0 Å².